The molecule has 0 spiro atoms. The van der Waals surface area contributed by atoms with E-state index in [1.54, 1.807) is 13.8 Å². The normalized spacial score (nSPS) is 10.2. The number of oxazole rings is 1. The highest BCUT2D eigenvalue weighted by molar-refractivity contribution is 5.92. The second kappa shape index (κ2) is 4.76. The van der Waals surface area contributed by atoms with Crippen LogP contribution in [0.15, 0.2) is 4.42 Å². The van der Waals surface area contributed by atoms with Gasteiger partial charge in [0.1, 0.15) is 0 Å². The largest absolute Gasteiger partial charge is 0.436 e. The number of rotatable bonds is 4. The van der Waals surface area contributed by atoms with Crippen LogP contribution in [0.3, 0.4) is 0 Å². The van der Waals surface area contributed by atoms with Gasteiger partial charge in [-0.05, 0) is 19.9 Å². The third-order valence-electron chi connectivity index (χ3n) is 1.78. The molecule has 0 aliphatic rings. The molecule has 0 aliphatic heterocycles. The maximum absolute atomic E-state index is 11.5. The summed E-state index contributed by atoms with van der Waals surface area (Å²) in [6.07, 6.45) is 0.762. The summed E-state index contributed by atoms with van der Waals surface area (Å²) in [5.41, 5.74) is 5.92. The van der Waals surface area contributed by atoms with Crippen molar-refractivity contribution in [3.63, 3.8) is 0 Å². The monoisotopic (exact) mass is 197 g/mol. The SMILES string of the molecule is Cc1nc(C)c(C(=O)NCCCN)o1. The molecule has 0 atom stereocenters. The average Bonchev–Trinajstić information content (AvgIpc) is 2.45. The van der Waals surface area contributed by atoms with Crippen LogP contribution in [0.1, 0.15) is 28.6 Å². The van der Waals surface area contributed by atoms with Crippen LogP contribution in [0.4, 0.5) is 0 Å². The maximum atomic E-state index is 11.5. The van der Waals surface area contributed by atoms with Crippen molar-refractivity contribution < 1.29 is 9.21 Å². The van der Waals surface area contributed by atoms with Crippen LogP contribution in [-0.4, -0.2) is 24.0 Å². The fraction of sp³-hybridized carbons (Fsp3) is 0.556. The number of nitrogens with one attached hydrogen (secondary N) is 1. The van der Waals surface area contributed by atoms with Crippen molar-refractivity contribution in [2.45, 2.75) is 20.3 Å². The molecule has 0 aliphatic carbocycles. The molecule has 5 nitrogen and oxygen atoms in total. The molecule has 1 heterocycles. The number of nitrogens with two attached hydrogens (primary N) is 1. The lowest BCUT2D eigenvalue weighted by molar-refractivity contribution is 0.0923. The van der Waals surface area contributed by atoms with Gasteiger partial charge in [0.25, 0.3) is 5.91 Å². The Morgan fingerprint density at radius 2 is 2.29 bits per heavy atom. The summed E-state index contributed by atoms with van der Waals surface area (Å²) in [4.78, 5) is 15.5. The average molecular weight is 197 g/mol. The van der Waals surface area contributed by atoms with E-state index in [1.165, 1.54) is 0 Å². The van der Waals surface area contributed by atoms with E-state index in [1.807, 2.05) is 0 Å². The summed E-state index contributed by atoms with van der Waals surface area (Å²) in [6, 6.07) is 0. The van der Waals surface area contributed by atoms with E-state index in [2.05, 4.69) is 10.3 Å². The highest BCUT2D eigenvalue weighted by Gasteiger charge is 2.14. The molecule has 3 N–H and O–H groups in total. The lowest BCUT2D eigenvalue weighted by atomic mass is 10.3. The molecule has 1 rings (SSSR count). The van der Waals surface area contributed by atoms with E-state index in [4.69, 9.17) is 10.2 Å². The van der Waals surface area contributed by atoms with E-state index >= 15 is 0 Å². The Morgan fingerprint density at radius 3 is 2.79 bits per heavy atom. The first-order chi connectivity index (χ1) is 6.65. The van der Waals surface area contributed by atoms with Crippen LogP contribution in [0.25, 0.3) is 0 Å². The second-order valence-corrected chi connectivity index (χ2v) is 3.05. The van der Waals surface area contributed by atoms with Crippen LogP contribution in [0.2, 0.25) is 0 Å². The van der Waals surface area contributed by atoms with Crippen molar-refractivity contribution in [2.24, 2.45) is 5.73 Å². The summed E-state index contributed by atoms with van der Waals surface area (Å²) in [5.74, 6) is 0.572. The zero-order valence-electron chi connectivity index (χ0n) is 8.46. The van der Waals surface area contributed by atoms with Crippen LogP contribution >= 0.6 is 0 Å². The number of hydrogen-bond donors (Lipinski definition) is 2. The van der Waals surface area contributed by atoms with Gasteiger partial charge >= 0.3 is 0 Å². The second-order valence-electron chi connectivity index (χ2n) is 3.05. The molecule has 78 valence electrons. The quantitative estimate of drug-likeness (QED) is 0.683. The van der Waals surface area contributed by atoms with Crippen molar-refractivity contribution in [1.82, 2.24) is 10.3 Å². The van der Waals surface area contributed by atoms with Gasteiger partial charge in [0.2, 0.25) is 5.76 Å². The molecule has 0 fully saturated rings. The minimum Gasteiger partial charge on any atom is -0.436 e. The smallest absolute Gasteiger partial charge is 0.289 e. The summed E-state index contributed by atoms with van der Waals surface area (Å²) >= 11 is 0. The molecule has 1 amide bonds. The van der Waals surface area contributed by atoms with Gasteiger partial charge in [0, 0.05) is 13.5 Å². The summed E-state index contributed by atoms with van der Waals surface area (Å²) in [6.45, 7) is 4.58. The van der Waals surface area contributed by atoms with E-state index in [9.17, 15) is 4.79 Å². The number of hydrogen-bond acceptors (Lipinski definition) is 4. The summed E-state index contributed by atoms with van der Waals surface area (Å²) < 4.78 is 5.15. The Balaban J connectivity index is 2.56. The first kappa shape index (κ1) is 10.7. The molecule has 0 unspecified atom stereocenters. The Hall–Kier alpha value is -1.36. The lowest BCUT2D eigenvalue weighted by Gasteiger charge is -2.00. The van der Waals surface area contributed by atoms with E-state index < -0.39 is 0 Å². The van der Waals surface area contributed by atoms with Crippen LogP contribution in [-0.2, 0) is 0 Å². The molecule has 14 heavy (non-hydrogen) atoms. The number of amides is 1. The predicted octanol–water partition coefficient (Wildman–Crippen LogP) is 0.370. The van der Waals surface area contributed by atoms with E-state index in [-0.39, 0.29) is 5.91 Å². The van der Waals surface area contributed by atoms with Gasteiger partial charge in [-0.3, -0.25) is 4.79 Å². The minimum absolute atomic E-state index is 0.225. The van der Waals surface area contributed by atoms with Crippen molar-refractivity contribution in [2.75, 3.05) is 13.1 Å². The summed E-state index contributed by atoms with van der Waals surface area (Å²) in [5, 5.41) is 2.70. The van der Waals surface area contributed by atoms with Crippen molar-refractivity contribution >= 4 is 5.91 Å². The molecule has 1 aromatic heterocycles. The van der Waals surface area contributed by atoms with Gasteiger partial charge in [-0.2, -0.15) is 0 Å². The first-order valence-electron chi connectivity index (χ1n) is 4.57. The lowest BCUT2D eigenvalue weighted by Crippen LogP contribution is -2.26. The minimum atomic E-state index is -0.225. The molecule has 0 saturated carbocycles. The predicted molar refractivity (Wildman–Crippen MR) is 52.0 cm³/mol. The Labute approximate surface area is 82.7 Å². The van der Waals surface area contributed by atoms with Crippen molar-refractivity contribution in [3.05, 3.63) is 17.3 Å². The van der Waals surface area contributed by atoms with Crippen LogP contribution < -0.4 is 11.1 Å². The van der Waals surface area contributed by atoms with Gasteiger partial charge in [-0.25, -0.2) is 4.98 Å². The molecule has 0 aromatic carbocycles. The molecule has 5 heteroatoms. The number of carbonyl (C=O) groups is 1. The third kappa shape index (κ3) is 2.56. The molecule has 0 radical (unpaired) electrons. The fourth-order valence-corrected chi connectivity index (χ4v) is 1.13. The van der Waals surface area contributed by atoms with Gasteiger partial charge in [0.05, 0.1) is 5.69 Å². The molecule has 0 bridgehead atoms. The Kier molecular flexibility index (Phi) is 3.64. The zero-order valence-corrected chi connectivity index (χ0v) is 8.46. The number of nitrogens with zero attached hydrogens (tertiary/aromatic N) is 1. The molecular weight excluding hydrogens is 182 g/mol. The number of carbonyl (C=O) groups excluding carboxylic acids is 1. The highest BCUT2D eigenvalue weighted by Crippen LogP contribution is 2.08. The fourth-order valence-electron chi connectivity index (χ4n) is 1.13. The molecule has 0 saturated heterocycles. The Morgan fingerprint density at radius 1 is 1.57 bits per heavy atom. The maximum Gasteiger partial charge on any atom is 0.289 e. The van der Waals surface area contributed by atoms with Crippen molar-refractivity contribution in [3.8, 4) is 0 Å². The molecule has 1 aromatic rings. The summed E-state index contributed by atoms with van der Waals surface area (Å²) in [7, 11) is 0. The van der Waals surface area contributed by atoms with Gasteiger partial charge in [-0.1, -0.05) is 0 Å². The Bertz CT molecular complexity index is 320. The first-order valence-corrected chi connectivity index (χ1v) is 4.57. The number of aromatic nitrogens is 1. The molecular formula is C9H15N3O2. The van der Waals surface area contributed by atoms with Gasteiger partial charge < -0.3 is 15.5 Å². The third-order valence-corrected chi connectivity index (χ3v) is 1.78. The van der Waals surface area contributed by atoms with Crippen LogP contribution in [0.5, 0.6) is 0 Å². The van der Waals surface area contributed by atoms with Gasteiger partial charge in [-0.15, -0.1) is 0 Å². The highest BCUT2D eigenvalue weighted by atomic mass is 16.4. The number of aryl methyl sites for hydroxylation is 2. The topological polar surface area (TPSA) is 81.2 Å². The van der Waals surface area contributed by atoms with Crippen LogP contribution in [0, 0.1) is 13.8 Å². The van der Waals surface area contributed by atoms with Crippen molar-refractivity contribution in [1.29, 1.82) is 0 Å². The van der Waals surface area contributed by atoms with E-state index in [0.717, 1.165) is 6.42 Å². The zero-order chi connectivity index (χ0) is 10.6. The van der Waals surface area contributed by atoms with E-state index in [0.29, 0.717) is 30.4 Å². The standard InChI is InChI=1S/C9H15N3O2/c1-6-8(14-7(2)12-6)9(13)11-5-3-4-10/h3-5,10H2,1-2H3,(H,11,13). The van der Waals surface area contributed by atoms with Gasteiger partial charge in [0.15, 0.2) is 5.89 Å².